The zero-order chi connectivity index (χ0) is 20.3. The van der Waals surface area contributed by atoms with Gasteiger partial charge >= 0.3 is 6.09 Å². The molecule has 28 heavy (non-hydrogen) atoms. The molecule has 152 valence electrons. The Hall–Kier alpha value is -2.84. The van der Waals surface area contributed by atoms with Crippen molar-refractivity contribution in [2.75, 3.05) is 32.7 Å². The van der Waals surface area contributed by atoms with Crippen LogP contribution < -0.4 is 5.32 Å². The number of hydrazone groups is 1. The Bertz CT molecular complexity index is 748. The number of allylic oxidation sites excluding steroid dienone is 4. The molecule has 3 aliphatic rings. The minimum absolute atomic E-state index is 0.0909. The first-order chi connectivity index (χ1) is 13.3. The maximum absolute atomic E-state index is 14.8. The van der Waals surface area contributed by atoms with Crippen LogP contribution in [-0.4, -0.2) is 78.1 Å². The van der Waals surface area contributed by atoms with Gasteiger partial charge in [0.2, 0.25) is 5.91 Å². The van der Waals surface area contributed by atoms with E-state index in [1.165, 1.54) is 11.8 Å². The van der Waals surface area contributed by atoms with Gasteiger partial charge in [0, 0.05) is 25.6 Å². The van der Waals surface area contributed by atoms with E-state index in [1.54, 1.807) is 23.4 Å². The monoisotopic (exact) mass is 391 g/mol. The molecule has 1 N–H and O–H groups in total. The largest absolute Gasteiger partial charge is 0.442 e. The van der Waals surface area contributed by atoms with Crippen molar-refractivity contribution in [2.45, 2.75) is 32.5 Å². The van der Waals surface area contributed by atoms with Gasteiger partial charge in [-0.25, -0.2) is 9.18 Å². The van der Waals surface area contributed by atoms with Crippen LogP contribution in [0.3, 0.4) is 0 Å². The summed E-state index contributed by atoms with van der Waals surface area (Å²) in [5, 5.41) is 8.86. The summed E-state index contributed by atoms with van der Waals surface area (Å²) in [6, 6.07) is 0. The number of hydrogen-bond donors (Lipinski definition) is 1. The van der Waals surface area contributed by atoms with E-state index < -0.39 is 18.4 Å². The number of halogens is 1. The van der Waals surface area contributed by atoms with Crippen molar-refractivity contribution in [3.63, 3.8) is 0 Å². The minimum Gasteiger partial charge on any atom is -0.442 e. The van der Waals surface area contributed by atoms with Crippen molar-refractivity contribution in [2.24, 2.45) is 5.10 Å². The first-order valence-corrected chi connectivity index (χ1v) is 9.31. The summed E-state index contributed by atoms with van der Waals surface area (Å²) in [5.74, 6) is -0.187. The molecule has 9 heteroatoms. The second-order valence-corrected chi connectivity index (χ2v) is 7.24. The van der Waals surface area contributed by atoms with E-state index in [-0.39, 0.29) is 18.9 Å². The van der Waals surface area contributed by atoms with Crippen LogP contribution >= 0.6 is 0 Å². The molecule has 1 unspecified atom stereocenters. The van der Waals surface area contributed by atoms with Crippen LogP contribution in [0.15, 0.2) is 40.8 Å². The van der Waals surface area contributed by atoms with Crippen molar-refractivity contribution < 1.29 is 18.7 Å². The van der Waals surface area contributed by atoms with E-state index in [2.05, 4.69) is 17.0 Å². The van der Waals surface area contributed by atoms with E-state index in [0.29, 0.717) is 37.6 Å². The van der Waals surface area contributed by atoms with Crippen molar-refractivity contribution >= 4 is 18.3 Å². The van der Waals surface area contributed by atoms with E-state index >= 15 is 0 Å². The molecule has 3 rings (SSSR count). The summed E-state index contributed by atoms with van der Waals surface area (Å²) in [6.07, 6.45) is 2.99. The zero-order valence-electron chi connectivity index (χ0n) is 16.2. The number of nitrogens with one attached hydrogen (secondary N) is 1. The predicted octanol–water partition coefficient (Wildman–Crippen LogP) is 1.59. The first-order valence-electron chi connectivity index (χ1n) is 9.31. The van der Waals surface area contributed by atoms with Crippen LogP contribution in [0, 0.1) is 0 Å². The molecule has 2 aliphatic heterocycles. The number of hydrogen-bond acceptors (Lipinski definition) is 6. The van der Waals surface area contributed by atoms with Gasteiger partial charge in [-0.2, -0.15) is 5.10 Å². The summed E-state index contributed by atoms with van der Waals surface area (Å²) >= 11 is 0. The highest BCUT2D eigenvalue weighted by Gasteiger charge is 2.36. The third kappa shape index (κ3) is 4.71. The SMILES string of the molecule is C=C(C)CN1CCN(C2=CC=C(N3C[C@H](CNC(C)=O)OC3=O)CC2F)C=N1. The molecular formula is C19H26FN5O3. The fourth-order valence-electron chi connectivity index (χ4n) is 3.34. The highest BCUT2D eigenvalue weighted by Crippen LogP contribution is 2.29. The molecule has 0 bridgehead atoms. The van der Waals surface area contributed by atoms with Crippen LogP contribution in [0.5, 0.6) is 0 Å². The van der Waals surface area contributed by atoms with Crippen LogP contribution in [-0.2, 0) is 9.53 Å². The standard InChI is InChI=1S/C19H26FN5O3/c1-13(2)10-24-7-6-23(12-22-24)18-5-4-15(8-17(18)20)25-11-16(28-19(25)27)9-21-14(3)26/h4-5,12,16-17H,1,6-11H2,2-3H3,(H,21,26)/t16-,17?/m0/s1. The van der Waals surface area contributed by atoms with Crippen LogP contribution in [0.25, 0.3) is 0 Å². The second-order valence-electron chi connectivity index (χ2n) is 7.24. The van der Waals surface area contributed by atoms with Gasteiger partial charge in [-0.3, -0.25) is 14.7 Å². The predicted molar refractivity (Wildman–Crippen MR) is 103 cm³/mol. The molecule has 0 aromatic heterocycles. The lowest BCUT2D eigenvalue weighted by molar-refractivity contribution is -0.119. The molecule has 1 aliphatic carbocycles. The molecule has 0 aromatic carbocycles. The number of carbonyl (C=O) groups excluding carboxylic acids is 2. The summed E-state index contributed by atoms with van der Waals surface area (Å²) in [5.41, 5.74) is 2.13. The van der Waals surface area contributed by atoms with Gasteiger partial charge in [-0.1, -0.05) is 12.2 Å². The molecule has 0 saturated carbocycles. The van der Waals surface area contributed by atoms with Crippen molar-refractivity contribution in [3.8, 4) is 0 Å². The molecule has 2 atom stereocenters. The fraction of sp³-hybridized carbons (Fsp3) is 0.526. The summed E-state index contributed by atoms with van der Waals surface area (Å²) < 4.78 is 20.1. The molecular weight excluding hydrogens is 365 g/mol. The van der Waals surface area contributed by atoms with Gasteiger partial charge in [0.05, 0.1) is 31.9 Å². The Labute approximate surface area is 164 Å². The van der Waals surface area contributed by atoms with E-state index in [9.17, 15) is 14.0 Å². The highest BCUT2D eigenvalue weighted by atomic mass is 19.1. The van der Waals surface area contributed by atoms with Gasteiger partial charge in [0.25, 0.3) is 0 Å². The molecule has 0 spiro atoms. The molecule has 1 saturated heterocycles. The number of cyclic esters (lactones) is 1. The quantitative estimate of drug-likeness (QED) is 0.696. The molecule has 0 radical (unpaired) electrons. The number of alkyl halides is 1. The second kappa shape index (κ2) is 8.45. The van der Waals surface area contributed by atoms with E-state index in [0.717, 1.165) is 5.57 Å². The van der Waals surface area contributed by atoms with Crippen LogP contribution in [0.1, 0.15) is 20.3 Å². The maximum atomic E-state index is 14.8. The normalized spacial score (nSPS) is 24.7. The molecule has 2 amide bonds. The molecule has 8 nitrogen and oxygen atoms in total. The number of rotatable bonds is 6. The lowest BCUT2D eigenvalue weighted by Crippen LogP contribution is -2.41. The average molecular weight is 391 g/mol. The maximum Gasteiger partial charge on any atom is 0.414 e. The number of carbonyl (C=O) groups is 2. The first kappa shape index (κ1) is 19.9. The van der Waals surface area contributed by atoms with Gasteiger partial charge < -0.3 is 15.0 Å². The fourth-order valence-corrected chi connectivity index (χ4v) is 3.34. The Kier molecular flexibility index (Phi) is 6.01. The third-order valence-electron chi connectivity index (χ3n) is 4.69. The molecule has 2 heterocycles. The van der Waals surface area contributed by atoms with Crippen molar-refractivity contribution in [3.05, 3.63) is 35.7 Å². The number of nitrogens with zero attached hydrogens (tertiary/aromatic N) is 4. The Morgan fingerprint density at radius 3 is 2.79 bits per heavy atom. The lowest BCUT2D eigenvalue weighted by atomic mass is 10.0. The summed E-state index contributed by atoms with van der Waals surface area (Å²) in [7, 11) is 0. The smallest absolute Gasteiger partial charge is 0.414 e. The summed E-state index contributed by atoms with van der Waals surface area (Å²) in [6.45, 7) is 9.77. The van der Waals surface area contributed by atoms with E-state index in [1.807, 2.05) is 11.9 Å². The number of ether oxygens (including phenoxy) is 1. The molecule has 0 aromatic rings. The Morgan fingerprint density at radius 2 is 2.18 bits per heavy atom. The third-order valence-corrected chi connectivity index (χ3v) is 4.69. The van der Waals surface area contributed by atoms with Gasteiger partial charge in [0.15, 0.2) is 0 Å². The van der Waals surface area contributed by atoms with Crippen molar-refractivity contribution in [1.29, 1.82) is 0 Å². The molecule has 1 fully saturated rings. The van der Waals surface area contributed by atoms with E-state index in [4.69, 9.17) is 4.74 Å². The van der Waals surface area contributed by atoms with Gasteiger partial charge in [-0.05, 0) is 19.1 Å². The lowest BCUT2D eigenvalue weighted by Gasteiger charge is -2.34. The topological polar surface area (TPSA) is 77.5 Å². The zero-order valence-corrected chi connectivity index (χ0v) is 16.2. The van der Waals surface area contributed by atoms with Crippen LogP contribution in [0.4, 0.5) is 9.18 Å². The van der Waals surface area contributed by atoms with Crippen LogP contribution in [0.2, 0.25) is 0 Å². The van der Waals surface area contributed by atoms with Gasteiger partial charge in [-0.15, -0.1) is 0 Å². The Balaban J connectivity index is 1.63. The highest BCUT2D eigenvalue weighted by molar-refractivity contribution is 5.74. The minimum atomic E-state index is -1.23. The summed E-state index contributed by atoms with van der Waals surface area (Å²) in [4.78, 5) is 26.4. The Morgan fingerprint density at radius 1 is 1.39 bits per heavy atom. The number of amides is 2. The van der Waals surface area contributed by atoms with Crippen molar-refractivity contribution in [1.82, 2.24) is 20.1 Å². The average Bonchev–Trinajstić information content (AvgIpc) is 3.01. The van der Waals surface area contributed by atoms with Gasteiger partial charge in [0.1, 0.15) is 18.6 Å².